The average Bonchev–Trinajstić information content (AvgIpc) is 2.67. The Balaban J connectivity index is 0.000000713. The maximum absolute atomic E-state index is 9.51. The normalized spacial score (nSPS) is 10.2. The third-order valence-electron chi connectivity index (χ3n) is 4.15. The lowest BCUT2D eigenvalue weighted by Gasteiger charge is -2.25. The lowest BCUT2D eigenvalue weighted by molar-refractivity contribution is -0.161. The summed E-state index contributed by atoms with van der Waals surface area (Å²) in [7, 11) is 0. The number of para-hydroxylation sites is 1. The lowest BCUT2D eigenvalue weighted by atomic mass is 10.1. The molecule has 0 unspecified atom stereocenters. The molecule has 0 bridgehead atoms. The minimum Gasteiger partial charge on any atom is -0.479 e. The van der Waals surface area contributed by atoms with E-state index >= 15 is 0 Å². The summed E-state index contributed by atoms with van der Waals surface area (Å²) in [5.41, 5.74) is 1.40. The maximum atomic E-state index is 9.51. The highest BCUT2D eigenvalue weighted by atomic mass is 16.4. The van der Waals surface area contributed by atoms with Gasteiger partial charge < -0.3 is 20.2 Å². The summed E-state index contributed by atoms with van der Waals surface area (Å²) in [5, 5.41) is 23.4. The zero-order valence-electron chi connectivity index (χ0n) is 16.6. The highest BCUT2D eigenvalue weighted by molar-refractivity contribution is 5.95. The molecule has 1 rings (SSSR count). The first-order valence-corrected chi connectivity index (χ1v) is 9.87. The summed E-state index contributed by atoms with van der Waals surface area (Å²) in [6.45, 7) is 6.99. The summed E-state index contributed by atoms with van der Waals surface area (Å²) in [6, 6.07) is 10.9. The van der Waals surface area contributed by atoms with Gasteiger partial charge in [-0.3, -0.25) is 0 Å². The molecule has 0 amide bonds. The summed E-state index contributed by atoms with van der Waals surface area (Å²) in [6.07, 6.45) is 8.49. The van der Waals surface area contributed by atoms with Crippen LogP contribution in [0.2, 0.25) is 0 Å². The van der Waals surface area contributed by atoms with Crippen molar-refractivity contribution in [1.82, 2.24) is 0 Å². The highest BCUT2D eigenvalue weighted by Crippen LogP contribution is 2.16. The van der Waals surface area contributed by atoms with Crippen LogP contribution in [-0.4, -0.2) is 46.5 Å². The van der Waals surface area contributed by atoms with Crippen molar-refractivity contribution in [2.45, 2.75) is 71.3 Å². The highest BCUT2D eigenvalue weighted by Gasteiger charge is 2.20. The predicted octanol–water partition coefficient (Wildman–Crippen LogP) is 4.17. The van der Waals surface area contributed by atoms with Gasteiger partial charge in [-0.15, -0.1) is 0 Å². The molecule has 3 N–H and O–H groups in total. The van der Waals surface area contributed by atoms with Crippen molar-refractivity contribution in [3.05, 3.63) is 30.3 Å². The van der Waals surface area contributed by atoms with Crippen LogP contribution in [-0.2, 0) is 9.59 Å². The quantitative estimate of drug-likeness (QED) is 0.350. The number of hydrogen-bond acceptors (Lipinski definition) is 4. The number of anilines is 1. The number of carbonyl (C=O) groups is 2. The fourth-order valence-electron chi connectivity index (χ4n) is 2.57. The van der Waals surface area contributed by atoms with E-state index in [0.717, 1.165) is 0 Å². The van der Waals surface area contributed by atoms with E-state index in [0.29, 0.717) is 0 Å². The molecule has 0 aliphatic carbocycles. The molecule has 0 aliphatic rings. The maximum Gasteiger partial charge on any atom is 0.344 e. The van der Waals surface area contributed by atoms with Gasteiger partial charge in [-0.05, 0) is 25.0 Å². The first kappa shape index (κ1) is 24.9. The molecule has 0 heterocycles. The van der Waals surface area contributed by atoms with Crippen LogP contribution in [0, 0.1) is 0 Å². The Morgan fingerprint density at radius 1 is 0.815 bits per heavy atom. The van der Waals surface area contributed by atoms with Crippen LogP contribution in [0.5, 0.6) is 0 Å². The van der Waals surface area contributed by atoms with Gasteiger partial charge in [-0.1, -0.05) is 70.6 Å². The number of aliphatic carboxylic acids is 2. The molecule has 27 heavy (non-hydrogen) atoms. The van der Waals surface area contributed by atoms with Crippen LogP contribution in [0.25, 0.3) is 0 Å². The molecule has 6 heteroatoms. The van der Waals surface area contributed by atoms with Crippen LogP contribution in [0.4, 0.5) is 5.69 Å². The number of unbranched alkanes of at least 4 members (excludes halogenated alkanes) is 6. The monoisotopic (exact) mass is 381 g/mol. The van der Waals surface area contributed by atoms with Crippen molar-refractivity contribution < 1.29 is 24.9 Å². The smallest absolute Gasteiger partial charge is 0.344 e. The van der Waals surface area contributed by atoms with E-state index in [1.807, 2.05) is 0 Å². The first-order chi connectivity index (χ1) is 12.9. The van der Waals surface area contributed by atoms with Gasteiger partial charge in [0.1, 0.15) is 0 Å². The van der Waals surface area contributed by atoms with E-state index in [-0.39, 0.29) is 0 Å². The van der Waals surface area contributed by atoms with Crippen LogP contribution < -0.4 is 4.90 Å². The topological polar surface area (TPSA) is 98.1 Å². The standard InChI is InChI=1S/C18H31N.C3H4O5/c1-3-5-7-12-16-19(17-13-8-6-4-2)18-14-10-9-11-15-18;4-1(2(5)6)3(7)8/h9-11,14-15H,3-8,12-13,16-17H2,1-2H3;1,4H,(H,5,6)(H,7,8). The van der Waals surface area contributed by atoms with Gasteiger partial charge in [-0.25, -0.2) is 9.59 Å². The second-order valence-corrected chi connectivity index (χ2v) is 6.52. The molecule has 0 atom stereocenters. The van der Waals surface area contributed by atoms with Crippen molar-refractivity contribution in [2.75, 3.05) is 18.0 Å². The number of rotatable bonds is 13. The van der Waals surface area contributed by atoms with Crippen molar-refractivity contribution in [3.8, 4) is 0 Å². The number of aliphatic hydroxyl groups excluding tert-OH is 1. The molecular formula is C21H35NO5. The SMILES string of the molecule is CCCCCCN(CCCCCC)c1ccccc1.O=C(O)C(O)C(=O)O. The van der Waals surface area contributed by atoms with Gasteiger partial charge >= 0.3 is 11.9 Å². The van der Waals surface area contributed by atoms with Gasteiger partial charge in [-0.2, -0.15) is 0 Å². The Morgan fingerprint density at radius 2 is 1.26 bits per heavy atom. The number of carboxylic acid groups (broad SMARTS) is 2. The van der Waals surface area contributed by atoms with Crippen molar-refractivity contribution >= 4 is 17.6 Å². The lowest BCUT2D eigenvalue weighted by Crippen LogP contribution is -2.28. The van der Waals surface area contributed by atoms with Crippen LogP contribution in [0.3, 0.4) is 0 Å². The fraction of sp³-hybridized carbons (Fsp3) is 0.619. The van der Waals surface area contributed by atoms with E-state index < -0.39 is 18.0 Å². The second kappa shape index (κ2) is 16.1. The predicted molar refractivity (Wildman–Crippen MR) is 108 cm³/mol. The van der Waals surface area contributed by atoms with E-state index in [9.17, 15) is 9.59 Å². The number of hydrogen-bond donors (Lipinski definition) is 3. The molecule has 1 aromatic rings. The Labute approximate surface area is 162 Å². The average molecular weight is 382 g/mol. The molecule has 0 spiro atoms. The Hall–Kier alpha value is -2.08. The van der Waals surface area contributed by atoms with Gasteiger partial charge in [0, 0.05) is 18.8 Å². The molecule has 0 radical (unpaired) electrons. The van der Waals surface area contributed by atoms with Crippen LogP contribution in [0.1, 0.15) is 65.2 Å². The molecule has 0 aliphatic heterocycles. The molecule has 0 saturated carbocycles. The van der Waals surface area contributed by atoms with E-state index in [2.05, 4.69) is 49.1 Å². The van der Waals surface area contributed by atoms with E-state index in [1.165, 1.54) is 70.1 Å². The molecule has 0 aromatic heterocycles. The minimum atomic E-state index is -2.30. The molecule has 0 fully saturated rings. The third-order valence-corrected chi connectivity index (χ3v) is 4.15. The minimum absolute atomic E-state index is 1.22. The molecule has 154 valence electrons. The molecule has 6 nitrogen and oxygen atoms in total. The molecule has 1 aromatic carbocycles. The first-order valence-electron chi connectivity index (χ1n) is 9.87. The van der Waals surface area contributed by atoms with Crippen molar-refractivity contribution in [1.29, 1.82) is 0 Å². The second-order valence-electron chi connectivity index (χ2n) is 6.52. The van der Waals surface area contributed by atoms with Gasteiger partial charge in [0.25, 0.3) is 0 Å². The number of aliphatic hydroxyl groups is 1. The molecular weight excluding hydrogens is 346 g/mol. The van der Waals surface area contributed by atoms with Gasteiger partial charge in [0.05, 0.1) is 0 Å². The van der Waals surface area contributed by atoms with E-state index in [4.69, 9.17) is 15.3 Å². The summed E-state index contributed by atoms with van der Waals surface area (Å²) >= 11 is 0. The van der Waals surface area contributed by atoms with Crippen molar-refractivity contribution in [2.24, 2.45) is 0 Å². The Morgan fingerprint density at radius 3 is 1.59 bits per heavy atom. The summed E-state index contributed by atoms with van der Waals surface area (Å²) in [5.74, 6) is -3.50. The fourth-order valence-corrected chi connectivity index (χ4v) is 2.57. The van der Waals surface area contributed by atoms with E-state index in [1.54, 1.807) is 0 Å². The van der Waals surface area contributed by atoms with Gasteiger partial charge in [0.15, 0.2) is 0 Å². The van der Waals surface area contributed by atoms with Crippen LogP contribution in [0.15, 0.2) is 30.3 Å². The number of nitrogens with zero attached hydrogens (tertiary/aromatic N) is 1. The van der Waals surface area contributed by atoms with Crippen molar-refractivity contribution in [3.63, 3.8) is 0 Å². The summed E-state index contributed by atoms with van der Waals surface area (Å²) in [4.78, 5) is 21.6. The number of benzene rings is 1. The Kier molecular flexibility index (Phi) is 14.9. The molecule has 0 saturated heterocycles. The Bertz CT molecular complexity index is 481. The summed E-state index contributed by atoms with van der Waals surface area (Å²) < 4.78 is 0. The number of carboxylic acids is 2. The zero-order chi connectivity index (χ0) is 20.5. The zero-order valence-corrected chi connectivity index (χ0v) is 16.6. The van der Waals surface area contributed by atoms with Crippen LogP contribution >= 0.6 is 0 Å². The third kappa shape index (κ3) is 12.8. The largest absolute Gasteiger partial charge is 0.479 e. The van der Waals surface area contributed by atoms with Gasteiger partial charge in [0.2, 0.25) is 6.10 Å².